The molecule has 1 aromatic carbocycles. The monoisotopic (exact) mass is 165 g/mol. The molecule has 2 rings (SSSR count). The molecular formula is C10H12FN. The number of benzene rings is 1. The molecule has 0 saturated heterocycles. The second-order valence-electron chi connectivity index (χ2n) is 3.90. The lowest BCUT2D eigenvalue weighted by Gasteiger charge is -2.17. The van der Waals surface area contributed by atoms with Gasteiger partial charge >= 0.3 is 0 Å². The summed E-state index contributed by atoms with van der Waals surface area (Å²) in [6.07, 6.45) is 0. The van der Waals surface area contributed by atoms with Crippen LogP contribution in [-0.2, 0) is 5.41 Å². The van der Waals surface area contributed by atoms with E-state index < -0.39 is 0 Å². The first-order chi connectivity index (χ1) is 5.61. The van der Waals surface area contributed by atoms with Crippen LogP contribution < -0.4 is 5.32 Å². The minimum Gasteiger partial charge on any atom is -0.384 e. The summed E-state index contributed by atoms with van der Waals surface area (Å²) in [5.41, 5.74) is 1.70. The Labute approximate surface area is 71.6 Å². The van der Waals surface area contributed by atoms with Crippen molar-refractivity contribution in [2.45, 2.75) is 19.3 Å². The van der Waals surface area contributed by atoms with Crippen molar-refractivity contribution in [1.29, 1.82) is 0 Å². The standard InChI is InChI=1S/C10H12FN/c1-10(2)6-12-8-5-3-4-7(11)9(8)10/h3-5,12H,6H2,1-2H3. The number of halogens is 1. The van der Waals surface area contributed by atoms with Crippen LogP contribution in [0.3, 0.4) is 0 Å². The van der Waals surface area contributed by atoms with Crippen LogP contribution in [0, 0.1) is 5.82 Å². The molecule has 0 radical (unpaired) electrons. The molecule has 0 aromatic heterocycles. The fourth-order valence-electron chi connectivity index (χ4n) is 1.76. The van der Waals surface area contributed by atoms with Crippen molar-refractivity contribution in [3.8, 4) is 0 Å². The lowest BCUT2D eigenvalue weighted by Crippen LogP contribution is -2.20. The summed E-state index contributed by atoms with van der Waals surface area (Å²) < 4.78 is 13.3. The van der Waals surface area contributed by atoms with E-state index >= 15 is 0 Å². The van der Waals surface area contributed by atoms with E-state index in [1.807, 2.05) is 6.07 Å². The van der Waals surface area contributed by atoms with Crippen LogP contribution in [0.4, 0.5) is 10.1 Å². The third-order valence-electron chi connectivity index (χ3n) is 2.41. The molecule has 1 aliphatic rings. The zero-order valence-electron chi connectivity index (χ0n) is 7.32. The van der Waals surface area contributed by atoms with E-state index in [0.717, 1.165) is 17.8 Å². The third kappa shape index (κ3) is 0.909. The third-order valence-corrected chi connectivity index (χ3v) is 2.41. The fourth-order valence-corrected chi connectivity index (χ4v) is 1.76. The topological polar surface area (TPSA) is 12.0 Å². The molecule has 0 atom stereocenters. The Hall–Kier alpha value is -1.05. The smallest absolute Gasteiger partial charge is 0.129 e. The van der Waals surface area contributed by atoms with Crippen molar-refractivity contribution in [2.24, 2.45) is 0 Å². The first-order valence-electron chi connectivity index (χ1n) is 4.14. The maximum Gasteiger partial charge on any atom is 0.129 e. The van der Waals surface area contributed by atoms with Gasteiger partial charge < -0.3 is 5.32 Å². The largest absolute Gasteiger partial charge is 0.384 e. The molecule has 2 heteroatoms. The first kappa shape index (κ1) is 7.59. The zero-order valence-corrected chi connectivity index (χ0v) is 7.32. The minimum atomic E-state index is -0.0949. The highest BCUT2D eigenvalue weighted by atomic mass is 19.1. The van der Waals surface area contributed by atoms with E-state index in [2.05, 4.69) is 19.2 Å². The number of fused-ring (bicyclic) bond motifs is 1. The van der Waals surface area contributed by atoms with Gasteiger partial charge in [0.15, 0.2) is 0 Å². The number of rotatable bonds is 0. The molecule has 0 amide bonds. The van der Waals surface area contributed by atoms with E-state index in [1.54, 1.807) is 6.07 Å². The van der Waals surface area contributed by atoms with Gasteiger partial charge in [0.1, 0.15) is 5.82 Å². The zero-order chi connectivity index (χ0) is 8.77. The van der Waals surface area contributed by atoms with Crippen LogP contribution >= 0.6 is 0 Å². The van der Waals surface area contributed by atoms with Gasteiger partial charge in [-0.25, -0.2) is 4.39 Å². The molecule has 1 N–H and O–H groups in total. The second-order valence-corrected chi connectivity index (χ2v) is 3.90. The van der Waals surface area contributed by atoms with Crippen molar-refractivity contribution in [1.82, 2.24) is 0 Å². The van der Waals surface area contributed by atoms with Gasteiger partial charge in [0.25, 0.3) is 0 Å². The van der Waals surface area contributed by atoms with Gasteiger partial charge in [-0.1, -0.05) is 19.9 Å². The molecule has 64 valence electrons. The summed E-state index contributed by atoms with van der Waals surface area (Å²) in [6, 6.07) is 5.18. The summed E-state index contributed by atoms with van der Waals surface area (Å²) in [5, 5.41) is 3.19. The average molecular weight is 165 g/mol. The number of anilines is 1. The summed E-state index contributed by atoms with van der Waals surface area (Å²) in [5.74, 6) is -0.0949. The SMILES string of the molecule is CC1(C)CNc2cccc(F)c21. The molecule has 0 aliphatic carbocycles. The molecule has 12 heavy (non-hydrogen) atoms. The normalized spacial score (nSPS) is 18.6. The van der Waals surface area contributed by atoms with Gasteiger partial charge in [-0.3, -0.25) is 0 Å². The quantitative estimate of drug-likeness (QED) is 0.623. The van der Waals surface area contributed by atoms with E-state index in [0.29, 0.717) is 0 Å². The van der Waals surface area contributed by atoms with Gasteiger partial charge in [0.2, 0.25) is 0 Å². The Balaban J connectivity index is 2.64. The molecule has 1 aliphatic heterocycles. The van der Waals surface area contributed by atoms with E-state index in [4.69, 9.17) is 0 Å². The second kappa shape index (κ2) is 2.22. The highest BCUT2D eigenvalue weighted by Gasteiger charge is 2.32. The lowest BCUT2D eigenvalue weighted by atomic mass is 9.87. The average Bonchev–Trinajstić information content (AvgIpc) is 2.29. The van der Waals surface area contributed by atoms with Crippen LogP contribution in [0.2, 0.25) is 0 Å². The van der Waals surface area contributed by atoms with E-state index in [9.17, 15) is 4.39 Å². The molecule has 1 aromatic rings. The van der Waals surface area contributed by atoms with Crippen LogP contribution in [0.25, 0.3) is 0 Å². The Kier molecular flexibility index (Phi) is 1.40. The van der Waals surface area contributed by atoms with Gasteiger partial charge in [0.05, 0.1) is 0 Å². The molecule has 1 heterocycles. The van der Waals surface area contributed by atoms with Crippen molar-refractivity contribution in [2.75, 3.05) is 11.9 Å². The number of hydrogen-bond donors (Lipinski definition) is 1. The van der Waals surface area contributed by atoms with Gasteiger partial charge in [-0.2, -0.15) is 0 Å². The van der Waals surface area contributed by atoms with Gasteiger partial charge in [0, 0.05) is 23.2 Å². The predicted octanol–water partition coefficient (Wildman–Crippen LogP) is 2.53. The highest BCUT2D eigenvalue weighted by Crippen LogP contribution is 2.37. The van der Waals surface area contributed by atoms with Crippen molar-refractivity contribution in [3.63, 3.8) is 0 Å². The Morgan fingerprint density at radius 2 is 2.17 bits per heavy atom. The molecule has 0 saturated carbocycles. The molecule has 0 bridgehead atoms. The summed E-state index contributed by atoms with van der Waals surface area (Å²) in [4.78, 5) is 0. The molecule has 0 spiro atoms. The summed E-state index contributed by atoms with van der Waals surface area (Å²) in [7, 11) is 0. The lowest BCUT2D eigenvalue weighted by molar-refractivity contribution is 0.527. The number of hydrogen-bond acceptors (Lipinski definition) is 1. The summed E-state index contributed by atoms with van der Waals surface area (Å²) in [6.45, 7) is 4.92. The molecular weight excluding hydrogens is 153 g/mol. The van der Waals surface area contributed by atoms with E-state index in [1.165, 1.54) is 6.07 Å². The molecule has 0 fully saturated rings. The predicted molar refractivity (Wildman–Crippen MR) is 47.9 cm³/mol. The maximum absolute atomic E-state index is 13.3. The van der Waals surface area contributed by atoms with E-state index in [-0.39, 0.29) is 11.2 Å². The first-order valence-corrected chi connectivity index (χ1v) is 4.14. The van der Waals surface area contributed by atoms with Gasteiger partial charge in [-0.15, -0.1) is 0 Å². The maximum atomic E-state index is 13.3. The van der Waals surface area contributed by atoms with Crippen LogP contribution in [0.15, 0.2) is 18.2 Å². The van der Waals surface area contributed by atoms with Crippen LogP contribution in [0.5, 0.6) is 0 Å². The number of nitrogens with one attached hydrogen (secondary N) is 1. The Morgan fingerprint density at radius 3 is 2.83 bits per heavy atom. The highest BCUT2D eigenvalue weighted by molar-refractivity contribution is 5.60. The van der Waals surface area contributed by atoms with Crippen molar-refractivity contribution in [3.05, 3.63) is 29.6 Å². The summed E-state index contributed by atoms with van der Waals surface area (Å²) >= 11 is 0. The Bertz CT molecular complexity index is 318. The molecule has 1 nitrogen and oxygen atoms in total. The van der Waals surface area contributed by atoms with Crippen LogP contribution in [-0.4, -0.2) is 6.54 Å². The van der Waals surface area contributed by atoms with Crippen molar-refractivity contribution < 1.29 is 4.39 Å². The fraction of sp³-hybridized carbons (Fsp3) is 0.400. The minimum absolute atomic E-state index is 0.0688. The van der Waals surface area contributed by atoms with Gasteiger partial charge in [-0.05, 0) is 12.1 Å². The van der Waals surface area contributed by atoms with Crippen LogP contribution in [0.1, 0.15) is 19.4 Å². The molecule has 0 unspecified atom stereocenters. The van der Waals surface area contributed by atoms with Crippen molar-refractivity contribution >= 4 is 5.69 Å². The Morgan fingerprint density at radius 1 is 1.42 bits per heavy atom.